The predicted octanol–water partition coefficient (Wildman–Crippen LogP) is 1.75. The number of amides is 1. The van der Waals surface area contributed by atoms with Crippen LogP contribution in [0.4, 0.5) is 0 Å². The molecule has 2 aliphatic heterocycles. The van der Waals surface area contributed by atoms with Crippen LogP contribution in [0.25, 0.3) is 0 Å². The Labute approximate surface area is 181 Å². The summed E-state index contributed by atoms with van der Waals surface area (Å²) in [6, 6.07) is 13.3. The average molecular weight is 442 g/mol. The largest absolute Gasteiger partial charge is 0.465 e. The van der Waals surface area contributed by atoms with Crippen molar-refractivity contribution in [3.05, 3.63) is 65.2 Å². The molecule has 0 spiro atoms. The van der Waals surface area contributed by atoms with Crippen LogP contribution in [0.3, 0.4) is 0 Å². The number of fused-ring (bicyclic) bond motifs is 1. The third-order valence-corrected chi connectivity index (χ3v) is 6.85. The van der Waals surface area contributed by atoms with Crippen LogP contribution in [0.2, 0.25) is 0 Å². The summed E-state index contributed by atoms with van der Waals surface area (Å²) in [4.78, 5) is 26.3. The van der Waals surface area contributed by atoms with Gasteiger partial charge in [-0.3, -0.25) is 4.79 Å². The van der Waals surface area contributed by atoms with Crippen molar-refractivity contribution in [3.63, 3.8) is 0 Å². The monoisotopic (exact) mass is 441 g/mol. The van der Waals surface area contributed by atoms with Gasteiger partial charge in [0.1, 0.15) is 10.9 Å². The zero-order chi connectivity index (χ0) is 22.0. The lowest BCUT2D eigenvalue weighted by Crippen LogP contribution is -2.46. The fourth-order valence-electron chi connectivity index (χ4n) is 3.96. The summed E-state index contributed by atoms with van der Waals surface area (Å²) >= 11 is 0. The fraction of sp³-hybridized carbons (Fsp3) is 0.318. The van der Waals surface area contributed by atoms with E-state index in [2.05, 4.69) is 14.5 Å². The minimum absolute atomic E-state index is 0.145. The highest BCUT2D eigenvalue weighted by Gasteiger charge is 2.39. The number of nitrogens with zero attached hydrogens (tertiary/aromatic N) is 2. The molecule has 9 heteroatoms. The van der Waals surface area contributed by atoms with Gasteiger partial charge in [0.2, 0.25) is 5.91 Å². The average Bonchev–Trinajstić information content (AvgIpc) is 3.36. The molecule has 2 aromatic carbocycles. The first-order chi connectivity index (χ1) is 14.9. The minimum atomic E-state index is -3.72. The molecule has 4 rings (SSSR count). The summed E-state index contributed by atoms with van der Waals surface area (Å²) in [7, 11) is -2.39. The number of amidine groups is 1. The maximum atomic E-state index is 12.8. The van der Waals surface area contributed by atoms with E-state index in [1.54, 1.807) is 35.2 Å². The molecule has 162 valence electrons. The maximum Gasteiger partial charge on any atom is 0.337 e. The van der Waals surface area contributed by atoms with Crippen LogP contribution in [0.1, 0.15) is 34.3 Å². The Morgan fingerprint density at radius 3 is 2.65 bits per heavy atom. The topological polar surface area (TPSA) is 105 Å². The highest BCUT2D eigenvalue weighted by atomic mass is 32.2. The van der Waals surface area contributed by atoms with Gasteiger partial charge in [0, 0.05) is 18.7 Å². The second-order valence-corrected chi connectivity index (χ2v) is 9.04. The van der Waals surface area contributed by atoms with Crippen LogP contribution in [0.5, 0.6) is 0 Å². The highest BCUT2D eigenvalue weighted by molar-refractivity contribution is 7.90. The van der Waals surface area contributed by atoms with Crippen molar-refractivity contribution in [3.8, 4) is 0 Å². The van der Waals surface area contributed by atoms with Gasteiger partial charge in [0.15, 0.2) is 5.84 Å². The van der Waals surface area contributed by atoms with Crippen molar-refractivity contribution < 1.29 is 22.7 Å². The summed E-state index contributed by atoms with van der Waals surface area (Å²) in [6.45, 7) is 1.01. The quantitative estimate of drug-likeness (QED) is 0.709. The molecule has 1 saturated heterocycles. The molecule has 1 N–H and O–H groups in total. The lowest BCUT2D eigenvalue weighted by molar-refractivity contribution is -0.124. The molecular weight excluding hydrogens is 418 g/mol. The number of carbonyl (C=O) groups excluding carboxylic acids is 2. The van der Waals surface area contributed by atoms with E-state index >= 15 is 0 Å². The molecular formula is C22H23N3O5S. The van der Waals surface area contributed by atoms with E-state index in [0.29, 0.717) is 42.9 Å². The lowest BCUT2D eigenvalue weighted by atomic mass is 10.1. The van der Waals surface area contributed by atoms with Gasteiger partial charge in [-0.15, -0.1) is 4.40 Å². The Balaban J connectivity index is 1.40. The molecule has 0 unspecified atom stereocenters. The van der Waals surface area contributed by atoms with Gasteiger partial charge in [0.25, 0.3) is 10.0 Å². The molecule has 0 saturated carbocycles. The number of carbonyl (C=O) groups is 2. The van der Waals surface area contributed by atoms with Crippen molar-refractivity contribution >= 4 is 27.7 Å². The molecule has 2 aliphatic rings. The second kappa shape index (κ2) is 8.50. The molecule has 1 fully saturated rings. The smallest absolute Gasteiger partial charge is 0.337 e. The van der Waals surface area contributed by atoms with Crippen LogP contribution in [-0.2, 0) is 26.0 Å². The molecule has 0 radical (unpaired) electrons. The Morgan fingerprint density at radius 1 is 1.16 bits per heavy atom. The van der Waals surface area contributed by atoms with Crippen LogP contribution in [0, 0.1) is 0 Å². The predicted molar refractivity (Wildman–Crippen MR) is 114 cm³/mol. The van der Waals surface area contributed by atoms with Crippen LogP contribution >= 0.6 is 0 Å². The Kier molecular flexibility index (Phi) is 5.77. The molecule has 0 bridgehead atoms. The van der Waals surface area contributed by atoms with Gasteiger partial charge in [-0.1, -0.05) is 24.3 Å². The number of nitrogens with one attached hydrogen (secondary N) is 1. The summed E-state index contributed by atoms with van der Waals surface area (Å²) in [5.41, 5.74) is 2.01. The Morgan fingerprint density at radius 2 is 1.90 bits per heavy atom. The number of esters is 1. The Hall–Kier alpha value is -3.20. The van der Waals surface area contributed by atoms with Crippen molar-refractivity contribution in [2.24, 2.45) is 4.40 Å². The zero-order valence-electron chi connectivity index (χ0n) is 17.1. The number of hydrogen-bond acceptors (Lipinski definition) is 6. The summed E-state index contributed by atoms with van der Waals surface area (Å²) in [5.74, 6) is -0.181. The van der Waals surface area contributed by atoms with Crippen LogP contribution < -0.4 is 5.32 Å². The first-order valence-corrected chi connectivity index (χ1v) is 11.5. The van der Waals surface area contributed by atoms with E-state index in [4.69, 9.17) is 0 Å². The number of hydrogen-bond donors (Lipinski definition) is 1. The van der Waals surface area contributed by atoms with Gasteiger partial charge < -0.3 is 15.0 Å². The third-order valence-electron chi connectivity index (χ3n) is 5.53. The van der Waals surface area contributed by atoms with Gasteiger partial charge in [0.05, 0.1) is 12.7 Å². The van der Waals surface area contributed by atoms with Crippen molar-refractivity contribution in [2.45, 2.75) is 30.2 Å². The fourth-order valence-corrected chi connectivity index (χ4v) is 5.18. The highest BCUT2D eigenvalue weighted by Crippen LogP contribution is 2.31. The van der Waals surface area contributed by atoms with E-state index in [9.17, 15) is 18.0 Å². The molecule has 31 heavy (non-hydrogen) atoms. The molecule has 2 aromatic rings. The van der Waals surface area contributed by atoms with Crippen molar-refractivity contribution in [1.29, 1.82) is 0 Å². The van der Waals surface area contributed by atoms with Crippen LogP contribution in [0.15, 0.2) is 57.8 Å². The molecule has 0 aliphatic carbocycles. The van der Waals surface area contributed by atoms with Crippen molar-refractivity contribution in [2.75, 3.05) is 20.2 Å². The Bertz CT molecular complexity index is 1140. The second-order valence-electron chi connectivity index (χ2n) is 7.47. The first kappa shape index (κ1) is 21.0. The lowest BCUT2D eigenvalue weighted by Gasteiger charge is -2.25. The van der Waals surface area contributed by atoms with Gasteiger partial charge in [-0.2, -0.15) is 8.42 Å². The number of rotatable bonds is 5. The molecule has 2 heterocycles. The standard InChI is InChI=1S/C22H23N3O5S/c1-30-22(27)16-10-8-15(9-11-16)12-13-23-21(26)18-6-4-14-25(18)20-17-5-2-3-7-19(17)31(28,29)24-20/h2-3,5,7-11,18H,4,6,12-14H2,1H3,(H,23,26)/t18-/m0/s1. The van der Waals surface area contributed by atoms with E-state index in [1.807, 2.05) is 12.1 Å². The molecule has 8 nitrogen and oxygen atoms in total. The van der Waals surface area contributed by atoms with Crippen molar-refractivity contribution in [1.82, 2.24) is 10.2 Å². The summed E-state index contributed by atoms with van der Waals surface area (Å²) in [5, 5.41) is 2.94. The van der Waals surface area contributed by atoms with Crippen LogP contribution in [-0.4, -0.2) is 57.3 Å². The van der Waals surface area contributed by atoms with Gasteiger partial charge in [-0.05, 0) is 49.1 Å². The molecule has 1 atom stereocenters. The minimum Gasteiger partial charge on any atom is -0.465 e. The number of likely N-dealkylation sites (tertiary alicyclic amines) is 1. The number of methoxy groups -OCH3 is 1. The molecule has 0 aromatic heterocycles. The number of ether oxygens (including phenoxy) is 1. The maximum absolute atomic E-state index is 12.8. The number of sulfonamides is 1. The summed E-state index contributed by atoms with van der Waals surface area (Å²) in [6.07, 6.45) is 2.03. The summed E-state index contributed by atoms with van der Waals surface area (Å²) < 4.78 is 33.4. The normalized spacial score (nSPS) is 18.9. The van der Waals surface area contributed by atoms with E-state index < -0.39 is 16.1 Å². The third kappa shape index (κ3) is 4.18. The van der Waals surface area contributed by atoms with Gasteiger partial charge in [-0.25, -0.2) is 4.79 Å². The van der Waals surface area contributed by atoms with E-state index in [-0.39, 0.29) is 16.8 Å². The number of benzene rings is 2. The first-order valence-electron chi connectivity index (χ1n) is 10.1. The van der Waals surface area contributed by atoms with E-state index in [1.165, 1.54) is 13.2 Å². The van der Waals surface area contributed by atoms with Gasteiger partial charge >= 0.3 is 5.97 Å². The molecule has 1 amide bonds. The SMILES string of the molecule is COC(=O)c1ccc(CCNC(=O)[C@@H]2CCCN2C2=NS(=O)(=O)c3ccccc32)cc1. The van der Waals surface area contributed by atoms with E-state index in [0.717, 1.165) is 12.0 Å². The zero-order valence-corrected chi connectivity index (χ0v) is 17.9.